The lowest BCUT2D eigenvalue weighted by Gasteiger charge is -2.21. The number of esters is 4. The lowest BCUT2D eigenvalue weighted by molar-refractivity contribution is -0.161. The van der Waals surface area contributed by atoms with E-state index in [1.165, 1.54) is 135 Å². The molecule has 0 radical (unpaired) electrons. The molecule has 0 amide bonds. The molecule has 0 bridgehead atoms. The zero-order valence-electron chi connectivity index (χ0n) is 56.6. The zero-order valence-corrected chi connectivity index (χ0v) is 58.4. The van der Waals surface area contributed by atoms with E-state index in [9.17, 15) is 43.2 Å². The Morgan fingerprint density at radius 2 is 0.483 bits per heavy atom. The van der Waals surface area contributed by atoms with Gasteiger partial charge in [-0.3, -0.25) is 37.3 Å². The van der Waals surface area contributed by atoms with Gasteiger partial charge < -0.3 is 33.8 Å². The molecule has 516 valence electrons. The number of aliphatic hydroxyl groups excluding tert-OH is 1. The van der Waals surface area contributed by atoms with E-state index in [4.69, 9.17) is 37.0 Å². The summed E-state index contributed by atoms with van der Waals surface area (Å²) < 4.78 is 68.2. The molecule has 0 aromatic carbocycles. The van der Waals surface area contributed by atoms with Crippen LogP contribution in [0.1, 0.15) is 331 Å². The number of unbranched alkanes of at least 4 members (excludes halogenated alkanes) is 31. The number of hydrogen-bond donors (Lipinski definition) is 3. The maximum atomic E-state index is 13.0. The van der Waals surface area contributed by atoms with Crippen molar-refractivity contribution in [2.75, 3.05) is 39.6 Å². The number of rotatable bonds is 65. The minimum atomic E-state index is -4.95. The summed E-state index contributed by atoms with van der Waals surface area (Å²) in [6.07, 6.45) is 39.1. The second-order valence-corrected chi connectivity index (χ2v) is 29.4. The molecule has 0 fully saturated rings. The molecule has 0 saturated carbocycles. The van der Waals surface area contributed by atoms with Crippen molar-refractivity contribution in [2.24, 2.45) is 23.7 Å². The molecule has 0 aliphatic rings. The molecule has 87 heavy (non-hydrogen) atoms. The largest absolute Gasteiger partial charge is 0.472 e. The summed E-state index contributed by atoms with van der Waals surface area (Å²) in [4.78, 5) is 72.4. The Bertz CT molecular complexity index is 1730. The fourth-order valence-corrected chi connectivity index (χ4v) is 11.7. The van der Waals surface area contributed by atoms with E-state index in [1.54, 1.807) is 0 Å². The summed E-state index contributed by atoms with van der Waals surface area (Å²) in [6.45, 7) is 14.0. The number of carbonyl (C=O) groups is 4. The van der Waals surface area contributed by atoms with Crippen LogP contribution in [0.15, 0.2) is 0 Å². The van der Waals surface area contributed by atoms with Crippen LogP contribution < -0.4 is 0 Å². The summed E-state index contributed by atoms with van der Waals surface area (Å²) in [7, 11) is -9.90. The lowest BCUT2D eigenvalue weighted by Crippen LogP contribution is -2.30. The molecule has 0 aliphatic carbocycles. The van der Waals surface area contributed by atoms with E-state index in [2.05, 4.69) is 55.4 Å². The van der Waals surface area contributed by atoms with Crippen LogP contribution in [0.5, 0.6) is 0 Å². The van der Waals surface area contributed by atoms with Gasteiger partial charge in [0, 0.05) is 25.7 Å². The van der Waals surface area contributed by atoms with Crippen LogP contribution in [0.3, 0.4) is 0 Å². The van der Waals surface area contributed by atoms with Gasteiger partial charge in [-0.15, -0.1) is 0 Å². The third-order valence-electron chi connectivity index (χ3n) is 15.6. The van der Waals surface area contributed by atoms with Crippen molar-refractivity contribution in [1.29, 1.82) is 0 Å². The predicted molar refractivity (Wildman–Crippen MR) is 349 cm³/mol. The fourth-order valence-electron chi connectivity index (χ4n) is 10.1. The van der Waals surface area contributed by atoms with Gasteiger partial charge in [0.1, 0.15) is 19.3 Å². The van der Waals surface area contributed by atoms with Crippen LogP contribution in [-0.4, -0.2) is 96.7 Å². The standard InChI is InChI=1S/C68H132O17P2/c1-58(2)44-36-28-20-13-11-9-10-12-14-24-32-40-48-65(70)78-54-63(84-67(72)50-42-34-26-18-16-22-30-38-46-60(5)6)56-82-86(74,75)80-52-62(69)53-81-87(76,77)83-57-64(85-68(73)51-43-35-27-19-23-31-39-47-61(7)8)55-79-66(71)49-41-33-25-17-15-21-29-37-45-59(3)4/h58-64,69H,9-57H2,1-8H3,(H,74,75)(H,76,77)/t62?,63-,64-/m1/s1. The van der Waals surface area contributed by atoms with Gasteiger partial charge in [-0.2, -0.15) is 0 Å². The average Bonchev–Trinajstić information content (AvgIpc) is 3.46. The van der Waals surface area contributed by atoms with Gasteiger partial charge in [0.05, 0.1) is 26.4 Å². The second kappa shape index (κ2) is 57.9. The Morgan fingerprint density at radius 3 is 0.713 bits per heavy atom. The summed E-state index contributed by atoms with van der Waals surface area (Å²) in [5.41, 5.74) is 0. The van der Waals surface area contributed by atoms with Crippen LogP contribution >= 0.6 is 15.6 Å². The average molecular weight is 1280 g/mol. The summed E-state index contributed by atoms with van der Waals surface area (Å²) >= 11 is 0. The van der Waals surface area contributed by atoms with Crippen molar-refractivity contribution in [3.8, 4) is 0 Å². The van der Waals surface area contributed by atoms with E-state index in [0.29, 0.717) is 31.6 Å². The number of aliphatic hydroxyl groups is 1. The van der Waals surface area contributed by atoms with Crippen molar-refractivity contribution >= 4 is 39.5 Å². The Hall–Kier alpha value is -1.94. The van der Waals surface area contributed by atoms with Crippen LogP contribution in [0.25, 0.3) is 0 Å². The molecule has 0 aromatic rings. The minimum Gasteiger partial charge on any atom is -0.462 e. The lowest BCUT2D eigenvalue weighted by atomic mass is 10.0. The highest BCUT2D eigenvalue weighted by Crippen LogP contribution is 2.45. The van der Waals surface area contributed by atoms with Crippen molar-refractivity contribution in [3.05, 3.63) is 0 Å². The summed E-state index contributed by atoms with van der Waals surface area (Å²) in [6, 6.07) is 0. The van der Waals surface area contributed by atoms with E-state index >= 15 is 0 Å². The molecule has 3 unspecified atom stereocenters. The molecule has 3 N–H and O–H groups in total. The minimum absolute atomic E-state index is 0.102. The third-order valence-corrected chi connectivity index (χ3v) is 17.5. The quantitative estimate of drug-likeness (QED) is 0.0222. The number of ether oxygens (including phenoxy) is 4. The first-order chi connectivity index (χ1) is 41.6. The first-order valence-electron chi connectivity index (χ1n) is 35.2. The second-order valence-electron chi connectivity index (χ2n) is 26.5. The highest BCUT2D eigenvalue weighted by molar-refractivity contribution is 7.47. The van der Waals surface area contributed by atoms with Crippen LogP contribution in [0, 0.1) is 23.7 Å². The van der Waals surface area contributed by atoms with Gasteiger partial charge in [0.15, 0.2) is 12.2 Å². The topological polar surface area (TPSA) is 237 Å². The molecule has 0 aliphatic heterocycles. The molecular weight excluding hydrogens is 1150 g/mol. The van der Waals surface area contributed by atoms with Crippen molar-refractivity contribution in [1.82, 2.24) is 0 Å². The van der Waals surface area contributed by atoms with E-state index < -0.39 is 97.5 Å². The molecule has 0 spiro atoms. The van der Waals surface area contributed by atoms with Gasteiger partial charge in [0.25, 0.3) is 0 Å². The highest BCUT2D eigenvalue weighted by Gasteiger charge is 2.30. The monoisotopic (exact) mass is 1280 g/mol. The van der Waals surface area contributed by atoms with Gasteiger partial charge >= 0.3 is 39.5 Å². The molecule has 0 rings (SSSR count). The van der Waals surface area contributed by atoms with Gasteiger partial charge in [-0.25, -0.2) is 9.13 Å². The molecule has 5 atom stereocenters. The molecule has 17 nitrogen and oxygen atoms in total. The number of carbonyl (C=O) groups excluding carboxylic acids is 4. The van der Waals surface area contributed by atoms with Gasteiger partial charge in [-0.05, 0) is 49.4 Å². The predicted octanol–water partition coefficient (Wildman–Crippen LogP) is 18.9. The van der Waals surface area contributed by atoms with Gasteiger partial charge in [-0.1, -0.05) is 280 Å². The van der Waals surface area contributed by atoms with Crippen molar-refractivity contribution in [3.63, 3.8) is 0 Å². The Kier molecular flexibility index (Phi) is 56.6. The molecule has 0 saturated heterocycles. The van der Waals surface area contributed by atoms with E-state index in [-0.39, 0.29) is 25.7 Å². The summed E-state index contributed by atoms with van der Waals surface area (Å²) in [5, 5.41) is 10.6. The van der Waals surface area contributed by atoms with Crippen LogP contribution in [-0.2, 0) is 65.4 Å². The fraction of sp³-hybridized carbons (Fsp3) is 0.941. The number of phosphoric acid groups is 2. The Balaban J connectivity index is 5.23. The molecule has 0 heterocycles. The third kappa shape index (κ3) is 62.6. The molecule has 0 aromatic heterocycles. The zero-order chi connectivity index (χ0) is 64.7. The SMILES string of the molecule is CC(C)CCCCCCCCCCCCCCC(=O)OC[C@H](COP(=O)(O)OCC(O)COP(=O)(O)OC[C@@H](COC(=O)CCCCCCCCCCC(C)C)OC(=O)CCCCCCCCCC(C)C)OC(=O)CCCCCCCCCCC(C)C. The number of hydrogen-bond acceptors (Lipinski definition) is 15. The van der Waals surface area contributed by atoms with Crippen LogP contribution in [0.4, 0.5) is 0 Å². The van der Waals surface area contributed by atoms with Crippen LogP contribution in [0.2, 0.25) is 0 Å². The first-order valence-corrected chi connectivity index (χ1v) is 38.2. The van der Waals surface area contributed by atoms with E-state index in [0.717, 1.165) is 108 Å². The Morgan fingerprint density at radius 1 is 0.287 bits per heavy atom. The smallest absolute Gasteiger partial charge is 0.462 e. The van der Waals surface area contributed by atoms with Gasteiger partial charge in [0.2, 0.25) is 0 Å². The first kappa shape index (κ1) is 85.1. The highest BCUT2D eigenvalue weighted by atomic mass is 31.2. The summed E-state index contributed by atoms with van der Waals surface area (Å²) in [5.74, 6) is 0.786. The number of phosphoric ester groups is 2. The molecular formula is C68H132O17P2. The van der Waals surface area contributed by atoms with E-state index in [1.807, 2.05) is 0 Å². The maximum absolute atomic E-state index is 13.0. The van der Waals surface area contributed by atoms with Crippen molar-refractivity contribution in [2.45, 2.75) is 350 Å². The normalized spacial score (nSPS) is 14.3. The Labute approximate surface area is 530 Å². The molecule has 19 heteroatoms. The maximum Gasteiger partial charge on any atom is 0.472 e. The van der Waals surface area contributed by atoms with Crippen molar-refractivity contribution < 1.29 is 80.2 Å².